The van der Waals surface area contributed by atoms with Crippen LogP contribution in [0.15, 0.2) is 24.3 Å². The van der Waals surface area contributed by atoms with E-state index in [2.05, 4.69) is 5.32 Å². The van der Waals surface area contributed by atoms with Crippen molar-refractivity contribution in [1.29, 1.82) is 0 Å². The Morgan fingerprint density at radius 2 is 2.22 bits per heavy atom. The summed E-state index contributed by atoms with van der Waals surface area (Å²) >= 11 is 0. The summed E-state index contributed by atoms with van der Waals surface area (Å²) in [6, 6.07) is 6.11. The molecule has 1 rings (SSSR count). The predicted octanol–water partition coefficient (Wildman–Crippen LogP) is 2.82. The molecule has 0 heterocycles. The normalized spacial score (nSPS) is 12.2. The number of hydrogen-bond donors (Lipinski definition) is 1. The van der Waals surface area contributed by atoms with Crippen molar-refractivity contribution in [1.82, 2.24) is 5.32 Å². The van der Waals surface area contributed by atoms with Gasteiger partial charge in [-0.3, -0.25) is 4.79 Å². The van der Waals surface area contributed by atoms with Crippen LogP contribution < -0.4 is 5.32 Å². The molecule has 3 nitrogen and oxygen atoms in total. The lowest BCUT2D eigenvalue weighted by Gasteiger charge is -2.18. The van der Waals surface area contributed by atoms with Gasteiger partial charge >= 0.3 is 5.97 Å². The smallest absolute Gasteiger partial charge is 0.307 e. The first kappa shape index (κ1) is 14.6. The highest BCUT2D eigenvalue weighted by atomic mass is 19.1. The predicted molar refractivity (Wildman–Crippen MR) is 68.7 cm³/mol. The first-order valence-electron chi connectivity index (χ1n) is 6.31. The largest absolute Gasteiger partial charge is 0.466 e. The minimum Gasteiger partial charge on any atom is -0.466 e. The van der Waals surface area contributed by atoms with Crippen molar-refractivity contribution in [2.45, 2.75) is 32.7 Å². The summed E-state index contributed by atoms with van der Waals surface area (Å²) in [4.78, 5) is 11.5. The SMILES string of the molecule is CCCNC(CC(=O)OCC)c1cccc(F)c1. The average Bonchev–Trinajstić information content (AvgIpc) is 2.34. The number of esters is 1. The molecule has 0 aliphatic carbocycles. The standard InChI is InChI=1S/C14H20FNO2/c1-3-8-16-13(10-14(17)18-4-2)11-6-5-7-12(15)9-11/h5-7,9,13,16H,3-4,8,10H2,1-2H3. The third kappa shape index (κ3) is 4.84. The zero-order valence-corrected chi connectivity index (χ0v) is 10.9. The molecule has 1 N–H and O–H groups in total. The van der Waals surface area contributed by atoms with E-state index in [1.165, 1.54) is 12.1 Å². The van der Waals surface area contributed by atoms with Crippen LogP contribution in [0.1, 0.15) is 38.3 Å². The van der Waals surface area contributed by atoms with Gasteiger partial charge in [-0.05, 0) is 37.6 Å². The highest BCUT2D eigenvalue weighted by Gasteiger charge is 2.16. The van der Waals surface area contributed by atoms with Gasteiger partial charge in [-0.2, -0.15) is 0 Å². The number of hydrogen-bond acceptors (Lipinski definition) is 3. The van der Waals surface area contributed by atoms with Crippen molar-refractivity contribution in [2.75, 3.05) is 13.2 Å². The second kappa shape index (κ2) is 7.82. The Morgan fingerprint density at radius 1 is 1.44 bits per heavy atom. The molecule has 0 aliphatic rings. The monoisotopic (exact) mass is 253 g/mol. The maximum Gasteiger partial charge on any atom is 0.307 e. The van der Waals surface area contributed by atoms with Gasteiger partial charge < -0.3 is 10.1 Å². The first-order valence-corrected chi connectivity index (χ1v) is 6.31. The van der Waals surface area contributed by atoms with E-state index in [1.807, 2.05) is 13.0 Å². The van der Waals surface area contributed by atoms with Crippen LogP contribution in [-0.4, -0.2) is 19.1 Å². The van der Waals surface area contributed by atoms with Crippen LogP contribution in [0.3, 0.4) is 0 Å². The van der Waals surface area contributed by atoms with Crippen molar-refractivity contribution in [3.63, 3.8) is 0 Å². The van der Waals surface area contributed by atoms with Crippen LogP contribution in [0.2, 0.25) is 0 Å². The summed E-state index contributed by atoms with van der Waals surface area (Å²) in [5.41, 5.74) is 0.775. The summed E-state index contributed by atoms with van der Waals surface area (Å²) in [5.74, 6) is -0.560. The Morgan fingerprint density at radius 3 is 2.83 bits per heavy atom. The van der Waals surface area contributed by atoms with Gasteiger partial charge in [-0.15, -0.1) is 0 Å². The maximum absolute atomic E-state index is 13.2. The van der Waals surface area contributed by atoms with E-state index >= 15 is 0 Å². The minimum absolute atomic E-state index is 0.195. The fourth-order valence-corrected chi connectivity index (χ4v) is 1.74. The van der Waals surface area contributed by atoms with Gasteiger partial charge in [0.05, 0.1) is 13.0 Å². The number of nitrogens with one attached hydrogen (secondary N) is 1. The molecule has 0 amide bonds. The molecule has 0 radical (unpaired) electrons. The number of ether oxygens (including phenoxy) is 1. The van der Waals surface area contributed by atoms with Crippen molar-refractivity contribution in [3.05, 3.63) is 35.6 Å². The fourth-order valence-electron chi connectivity index (χ4n) is 1.74. The average molecular weight is 253 g/mol. The Bertz CT molecular complexity index is 382. The van der Waals surface area contributed by atoms with Crippen molar-refractivity contribution >= 4 is 5.97 Å². The van der Waals surface area contributed by atoms with E-state index in [4.69, 9.17) is 4.74 Å². The van der Waals surface area contributed by atoms with E-state index in [9.17, 15) is 9.18 Å². The molecule has 0 bridgehead atoms. The highest BCUT2D eigenvalue weighted by molar-refractivity contribution is 5.70. The Labute approximate surface area is 107 Å². The van der Waals surface area contributed by atoms with E-state index in [-0.39, 0.29) is 24.2 Å². The van der Waals surface area contributed by atoms with Gasteiger partial charge in [-0.25, -0.2) is 4.39 Å². The second-order valence-electron chi connectivity index (χ2n) is 4.07. The molecule has 0 spiro atoms. The number of rotatable bonds is 7. The third-order valence-electron chi connectivity index (χ3n) is 2.57. The van der Waals surface area contributed by atoms with Gasteiger partial charge in [0.25, 0.3) is 0 Å². The molecule has 0 fully saturated rings. The Hall–Kier alpha value is -1.42. The molecule has 0 aliphatic heterocycles. The van der Waals surface area contributed by atoms with Crippen LogP contribution in [0.25, 0.3) is 0 Å². The molecule has 100 valence electrons. The number of halogens is 1. The quantitative estimate of drug-likeness (QED) is 0.759. The summed E-state index contributed by atoms with van der Waals surface area (Å²) < 4.78 is 18.1. The molecule has 0 aromatic heterocycles. The first-order chi connectivity index (χ1) is 8.67. The summed E-state index contributed by atoms with van der Waals surface area (Å²) in [6.45, 7) is 4.96. The van der Waals surface area contributed by atoms with Gasteiger partial charge in [0, 0.05) is 6.04 Å². The minimum atomic E-state index is -0.292. The second-order valence-corrected chi connectivity index (χ2v) is 4.07. The molecule has 1 atom stereocenters. The molecule has 1 unspecified atom stereocenters. The van der Waals surface area contributed by atoms with Crippen molar-refractivity contribution in [2.24, 2.45) is 0 Å². The van der Waals surface area contributed by atoms with E-state index in [1.54, 1.807) is 13.0 Å². The molecule has 18 heavy (non-hydrogen) atoms. The van der Waals surface area contributed by atoms with Crippen molar-refractivity contribution < 1.29 is 13.9 Å². The number of carbonyl (C=O) groups excluding carboxylic acids is 1. The third-order valence-corrected chi connectivity index (χ3v) is 2.57. The van der Waals surface area contributed by atoms with E-state index in [0.717, 1.165) is 18.5 Å². The molecule has 1 aromatic carbocycles. The van der Waals surface area contributed by atoms with Gasteiger partial charge in [0.2, 0.25) is 0 Å². The van der Waals surface area contributed by atoms with Crippen LogP contribution in [0, 0.1) is 5.82 Å². The molecular weight excluding hydrogens is 233 g/mol. The Balaban J connectivity index is 2.74. The maximum atomic E-state index is 13.2. The molecule has 0 saturated carbocycles. The van der Waals surface area contributed by atoms with Crippen LogP contribution in [0.4, 0.5) is 4.39 Å². The van der Waals surface area contributed by atoms with Crippen LogP contribution >= 0.6 is 0 Å². The van der Waals surface area contributed by atoms with Crippen LogP contribution in [0.5, 0.6) is 0 Å². The summed E-state index contributed by atoms with van der Waals surface area (Å²) in [5, 5.41) is 3.23. The lowest BCUT2D eigenvalue weighted by atomic mass is 10.0. The van der Waals surface area contributed by atoms with E-state index in [0.29, 0.717) is 6.61 Å². The number of carbonyl (C=O) groups is 1. The van der Waals surface area contributed by atoms with E-state index < -0.39 is 0 Å². The lowest BCUT2D eigenvalue weighted by molar-refractivity contribution is -0.143. The zero-order chi connectivity index (χ0) is 13.4. The van der Waals surface area contributed by atoms with Crippen LogP contribution in [-0.2, 0) is 9.53 Å². The van der Waals surface area contributed by atoms with Gasteiger partial charge in [0.1, 0.15) is 5.82 Å². The lowest BCUT2D eigenvalue weighted by Crippen LogP contribution is -2.25. The molecule has 4 heteroatoms. The highest BCUT2D eigenvalue weighted by Crippen LogP contribution is 2.18. The fraction of sp³-hybridized carbons (Fsp3) is 0.500. The molecule has 1 aromatic rings. The zero-order valence-electron chi connectivity index (χ0n) is 10.9. The van der Waals surface area contributed by atoms with Crippen molar-refractivity contribution in [3.8, 4) is 0 Å². The summed E-state index contributed by atoms with van der Waals surface area (Å²) in [7, 11) is 0. The topological polar surface area (TPSA) is 38.3 Å². The van der Waals surface area contributed by atoms with Gasteiger partial charge in [-0.1, -0.05) is 19.1 Å². The summed E-state index contributed by atoms with van der Waals surface area (Å²) in [6.07, 6.45) is 1.17. The molecular formula is C14H20FNO2. The molecule has 0 saturated heterocycles. The number of benzene rings is 1. The van der Waals surface area contributed by atoms with Gasteiger partial charge in [0.15, 0.2) is 0 Å². The Kier molecular flexibility index (Phi) is 6.36.